The molecule has 1 aromatic rings. The van der Waals surface area contributed by atoms with Crippen LogP contribution >= 0.6 is 11.6 Å². The van der Waals surface area contributed by atoms with E-state index in [1.54, 1.807) is 36.4 Å². The monoisotopic (exact) mass is 238 g/mol. The average molecular weight is 239 g/mol. The molecule has 1 atom stereocenters. The molecule has 0 radical (unpaired) electrons. The molecule has 0 aliphatic heterocycles. The molecule has 0 saturated heterocycles. The molecule has 4 N–H and O–H groups in total. The molecule has 84 valence electrons. The van der Waals surface area contributed by atoms with Gasteiger partial charge in [-0.3, -0.25) is 0 Å². The van der Waals surface area contributed by atoms with Gasteiger partial charge < -0.3 is 11.5 Å². The van der Waals surface area contributed by atoms with E-state index in [1.807, 2.05) is 0 Å². The van der Waals surface area contributed by atoms with Crippen molar-refractivity contribution in [3.05, 3.63) is 47.8 Å². The third-order valence-electron chi connectivity index (χ3n) is 2.47. The largest absolute Gasteiger partial charge is 0.399 e. The molecule has 4 heteroatoms. The number of allylic oxidation sites excluding steroid dienone is 2. The summed E-state index contributed by atoms with van der Waals surface area (Å²) in [6.45, 7) is 0. The van der Waals surface area contributed by atoms with Crippen molar-refractivity contribution in [3.63, 3.8) is 0 Å². The van der Waals surface area contributed by atoms with E-state index >= 15 is 0 Å². The highest BCUT2D eigenvalue weighted by molar-refractivity contribution is 6.25. The quantitative estimate of drug-likeness (QED) is 0.449. The smallest absolute Gasteiger partial charge is 0.116 e. The van der Waals surface area contributed by atoms with Crippen LogP contribution in [0.25, 0.3) is 5.57 Å². The lowest BCUT2D eigenvalue weighted by Gasteiger charge is -2.22. The van der Waals surface area contributed by atoms with Crippen LogP contribution in [-0.2, 0) is 0 Å². The van der Waals surface area contributed by atoms with Gasteiger partial charge >= 0.3 is 0 Å². The van der Waals surface area contributed by atoms with Gasteiger partial charge in [0.05, 0.1) is 0 Å². The summed E-state index contributed by atoms with van der Waals surface area (Å²) in [6.07, 6.45) is 3.21. The molecular formula is C12H12ClFN2. The van der Waals surface area contributed by atoms with E-state index in [-0.39, 0.29) is 12.2 Å². The molecule has 2 nitrogen and oxygen atoms in total. The maximum atomic E-state index is 13.8. The maximum absolute atomic E-state index is 13.8. The van der Waals surface area contributed by atoms with Crippen molar-refractivity contribution in [3.8, 4) is 0 Å². The van der Waals surface area contributed by atoms with Crippen molar-refractivity contribution in [1.82, 2.24) is 0 Å². The molecule has 0 fully saturated rings. The van der Waals surface area contributed by atoms with E-state index in [0.29, 0.717) is 11.3 Å². The van der Waals surface area contributed by atoms with Crippen molar-refractivity contribution >= 4 is 22.9 Å². The van der Waals surface area contributed by atoms with Gasteiger partial charge in [0, 0.05) is 17.7 Å². The Labute approximate surface area is 98.4 Å². The number of hydrogen-bond donors (Lipinski definition) is 2. The zero-order valence-corrected chi connectivity index (χ0v) is 9.34. The molecule has 0 heterocycles. The van der Waals surface area contributed by atoms with E-state index in [0.717, 1.165) is 5.56 Å². The molecule has 0 saturated carbocycles. The minimum absolute atomic E-state index is 0.00473. The van der Waals surface area contributed by atoms with Gasteiger partial charge in [0.2, 0.25) is 0 Å². The maximum Gasteiger partial charge on any atom is 0.116 e. The highest BCUT2D eigenvalue weighted by Gasteiger charge is 2.25. The van der Waals surface area contributed by atoms with Gasteiger partial charge in [-0.25, -0.2) is 4.39 Å². The first-order chi connectivity index (χ1) is 7.48. The molecule has 0 bridgehead atoms. The minimum atomic E-state index is -1.11. The Balaban J connectivity index is 2.36. The lowest BCUT2D eigenvalue weighted by Crippen LogP contribution is -2.32. The van der Waals surface area contributed by atoms with E-state index < -0.39 is 5.00 Å². The molecule has 1 aliphatic carbocycles. The van der Waals surface area contributed by atoms with Crippen molar-refractivity contribution in [2.75, 3.05) is 5.73 Å². The van der Waals surface area contributed by atoms with Gasteiger partial charge in [0.25, 0.3) is 0 Å². The summed E-state index contributed by atoms with van der Waals surface area (Å²) in [6, 6.07) is 7.00. The number of alkyl halides is 1. The first-order valence-electron chi connectivity index (χ1n) is 4.89. The normalized spacial score (nSPS) is 24.9. The number of anilines is 1. The predicted molar refractivity (Wildman–Crippen MR) is 65.4 cm³/mol. The molecular weight excluding hydrogens is 227 g/mol. The molecule has 16 heavy (non-hydrogen) atoms. The minimum Gasteiger partial charge on any atom is -0.399 e. The van der Waals surface area contributed by atoms with E-state index in [1.165, 1.54) is 0 Å². The Morgan fingerprint density at radius 3 is 2.44 bits per heavy atom. The van der Waals surface area contributed by atoms with Crippen molar-refractivity contribution in [2.45, 2.75) is 11.4 Å². The lowest BCUT2D eigenvalue weighted by atomic mass is 9.96. The fourth-order valence-electron chi connectivity index (χ4n) is 1.62. The van der Waals surface area contributed by atoms with Crippen molar-refractivity contribution in [2.24, 2.45) is 5.73 Å². The number of nitrogen functional groups attached to an aromatic ring is 1. The summed E-state index contributed by atoms with van der Waals surface area (Å²) in [5.74, 6) is -0.301. The highest BCUT2D eigenvalue weighted by atomic mass is 35.5. The highest BCUT2D eigenvalue weighted by Crippen LogP contribution is 2.34. The van der Waals surface area contributed by atoms with Gasteiger partial charge in [-0.05, 0) is 23.8 Å². The van der Waals surface area contributed by atoms with E-state index in [4.69, 9.17) is 23.1 Å². The Morgan fingerprint density at radius 1 is 1.25 bits per heavy atom. The summed E-state index contributed by atoms with van der Waals surface area (Å²) in [4.78, 5) is -1.11. The Bertz CT molecular complexity index is 460. The van der Waals surface area contributed by atoms with Crippen LogP contribution in [0.3, 0.4) is 0 Å². The molecule has 1 aromatic carbocycles. The van der Waals surface area contributed by atoms with Crippen LogP contribution in [0.1, 0.15) is 12.0 Å². The zero-order valence-electron chi connectivity index (χ0n) is 8.58. The molecule has 2 rings (SSSR count). The van der Waals surface area contributed by atoms with Gasteiger partial charge in [-0.2, -0.15) is 0 Å². The summed E-state index contributed by atoms with van der Waals surface area (Å²) in [5.41, 5.74) is 13.1. The summed E-state index contributed by atoms with van der Waals surface area (Å²) in [5, 5.41) is 0. The summed E-state index contributed by atoms with van der Waals surface area (Å²) < 4.78 is 13.8. The van der Waals surface area contributed by atoms with Crippen LogP contribution in [0.4, 0.5) is 10.1 Å². The standard InChI is InChI=1S/C12H12ClFN2/c13-12(16)6-5-10(11(14)7-12)8-1-3-9(15)4-2-8/h1-6H,7,15-16H2. The number of halogens is 2. The summed E-state index contributed by atoms with van der Waals surface area (Å²) in [7, 11) is 0. The number of rotatable bonds is 1. The third-order valence-corrected chi connectivity index (χ3v) is 2.73. The lowest BCUT2D eigenvalue weighted by molar-refractivity contribution is 0.546. The fraction of sp³-hybridized carbons (Fsp3) is 0.167. The average Bonchev–Trinajstić information content (AvgIpc) is 2.19. The van der Waals surface area contributed by atoms with Gasteiger partial charge in [-0.1, -0.05) is 29.8 Å². The van der Waals surface area contributed by atoms with Crippen LogP contribution in [-0.4, -0.2) is 5.00 Å². The first-order valence-corrected chi connectivity index (χ1v) is 5.27. The van der Waals surface area contributed by atoms with Crippen molar-refractivity contribution in [1.29, 1.82) is 0 Å². The first kappa shape index (κ1) is 11.2. The molecule has 0 spiro atoms. The number of nitrogens with two attached hydrogens (primary N) is 2. The van der Waals surface area contributed by atoms with Crippen LogP contribution in [0.2, 0.25) is 0 Å². The topological polar surface area (TPSA) is 52.0 Å². The Morgan fingerprint density at radius 2 is 1.88 bits per heavy atom. The SMILES string of the molecule is Nc1ccc(C2=C(F)CC(N)(Cl)C=C2)cc1. The Hall–Kier alpha value is -1.32. The second kappa shape index (κ2) is 3.92. The predicted octanol–water partition coefficient (Wildman–Crippen LogP) is 2.80. The molecule has 1 aliphatic rings. The van der Waals surface area contributed by atoms with Gasteiger partial charge in [0.15, 0.2) is 0 Å². The van der Waals surface area contributed by atoms with E-state index in [2.05, 4.69) is 0 Å². The second-order valence-corrected chi connectivity index (χ2v) is 4.58. The second-order valence-electron chi connectivity index (χ2n) is 3.88. The van der Waals surface area contributed by atoms with Gasteiger partial charge in [-0.15, -0.1) is 0 Å². The van der Waals surface area contributed by atoms with Gasteiger partial charge in [0.1, 0.15) is 10.8 Å². The zero-order chi connectivity index (χ0) is 11.8. The Kier molecular flexibility index (Phi) is 2.74. The van der Waals surface area contributed by atoms with Crippen LogP contribution < -0.4 is 11.5 Å². The molecule has 1 unspecified atom stereocenters. The van der Waals surface area contributed by atoms with E-state index in [9.17, 15) is 4.39 Å². The number of benzene rings is 1. The third kappa shape index (κ3) is 2.26. The van der Waals surface area contributed by atoms with Crippen molar-refractivity contribution < 1.29 is 4.39 Å². The van der Waals surface area contributed by atoms with Crippen LogP contribution in [0.5, 0.6) is 0 Å². The number of hydrogen-bond acceptors (Lipinski definition) is 2. The van der Waals surface area contributed by atoms with Crippen LogP contribution in [0.15, 0.2) is 42.2 Å². The summed E-state index contributed by atoms with van der Waals surface area (Å²) >= 11 is 5.84. The fourth-order valence-corrected chi connectivity index (χ4v) is 1.80. The molecule has 0 amide bonds. The van der Waals surface area contributed by atoms with Crippen LogP contribution in [0, 0.1) is 0 Å². The molecule has 0 aromatic heterocycles.